The molecule has 0 aromatic rings. The molecule has 0 aromatic carbocycles. The quantitative estimate of drug-likeness (QED) is 0.639. The van der Waals surface area contributed by atoms with Crippen LogP contribution in [0.2, 0.25) is 0 Å². The SMILES string of the molecule is COC(=O)C(NC1CC(N)C1)C(C)C. The van der Waals surface area contributed by atoms with Crippen LogP contribution < -0.4 is 11.1 Å². The smallest absolute Gasteiger partial charge is 0.323 e. The van der Waals surface area contributed by atoms with Gasteiger partial charge in [-0.2, -0.15) is 0 Å². The molecule has 0 spiro atoms. The molecule has 1 rings (SSSR count). The monoisotopic (exact) mass is 200 g/mol. The molecule has 0 radical (unpaired) electrons. The van der Waals surface area contributed by atoms with E-state index in [0.717, 1.165) is 12.8 Å². The first-order valence-corrected chi connectivity index (χ1v) is 5.14. The lowest BCUT2D eigenvalue weighted by Gasteiger charge is -2.36. The summed E-state index contributed by atoms with van der Waals surface area (Å²) >= 11 is 0. The second-order valence-corrected chi connectivity index (χ2v) is 4.34. The molecule has 1 aliphatic rings. The number of carbonyl (C=O) groups is 1. The Labute approximate surface area is 85.2 Å². The first-order valence-electron chi connectivity index (χ1n) is 5.14. The number of rotatable bonds is 4. The van der Waals surface area contributed by atoms with Crippen molar-refractivity contribution in [3.05, 3.63) is 0 Å². The lowest BCUT2D eigenvalue weighted by molar-refractivity contribution is -0.144. The minimum Gasteiger partial charge on any atom is -0.468 e. The molecule has 1 saturated carbocycles. The van der Waals surface area contributed by atoms with Crippen LogP contribution in [-0.2, 0) is 9.53 Å². The maximum absolute atomic E-state index is 11.4. The average Bonchev–Trinajstić information content (AvgIpc) is 2.08. The van der Waals surface area contributed by atoms with Crippen molar-refractivity contribution in [3.8, 4) is 0 Å². The van der Waals surface area contributed by atoms with Gasteiger partial charge in [0.25, 0.3) is 0 Å². The Balaban J connectivity index is 2.40. The lowest BCUT2D eigenvalue weighted by Crippen LogP contribution is -2.55. The first-order chi connectivity index (χ1) is 6.54. The zero-order valence-electron chi connectivity index (χ0n) is 9.12. The van der Waals surface area contributed by atoms with Gasteiger partial charge >= 0.3 is 5.97 Å². The summed E-state index contributed by atoms with van der Waals surface area (Å²) < 4.78 is 4.74. The molecule has 82 valence electrons. The molecule has 1 aliphatic carbocycles. The standard InChI is InChI=1S/C10H20N2O2/c1-6(2)9(10(13)14-3)12-8-4-7(11)5-8/h6-9,12H,4-5,11H2,1-3H3. The molecular formula is C10H20N2O2. The third-order valence-corrected chi connectivity index (χ3v) is 2.71. The number of esters is 1. The predicted molar refractivity (Wildman–Crippen MR) is 54.8 cm³/mol. The summed E-state index contributed by atoms with van der Waals surface area (Å²) in [6, 6.07) is 0.493. The van der Waals surface area contributed by atoms with Gasteiger partial charge in [0.2, 0.25) is 0 Å². The van der Waals surface area contributed by atoms with E-state index >= 15 is 0 Å². The third-order valence-electron chi connectivity index (χ3n) is 2.71. The Kier molecular flexibility index (Phi) is 3.89. The Hall–Kier alpha value is -0.610. The van der Waals surface area contributed by atoms with Gasteiger partial charge in [-0.05, 0) is 18.8 Å². The molecular weight excluding hydrogens is 180 g/mol. The molecule has 4 heteroatoms. The van der Waals surface area contributed by atoms with Crippen LogP contribution in [-0.4, -0.2) is 31.2 Å². The molecule has 4 nitrogen and oxygen atoms in total. The van der Waals surface area contributed by atoms with Gasteiger partial charge in [0.05, 0.1) is 7.11 Å². The predicted octanol–water partition coefficient (Wildman–Crippen LogP) is 0.263. The van der Waals surface area contributed by atoms with Crippen molar-refractivity contribution >= 4 is 5.97 Å². The first kappa shape index (κ1) is 11.5. The third kappa shape index (κ3) is 2.69. The minimum absolute atomic E-state index is 0.180. The van der Waals surface area contributed by atoms with E-state index in [0.29, 0.717) is 12.1 Å². The van der Waals surface area contributed by atoms with Crippen molar-refractivity contribution in [3.63, 3.8) is 0 Å². The second-order valence-electron chi connectivity index (χ2n) is 4.34. The van der Waals surface area contributed by atoms with E-state index in [4.69, 9.17) is 10.5 Å². The van der Waals surface area contributed by atoms with Gasteiger partial charge < -0.3 is 15.8 Å². The number of hydrogen-bond donors (Lipinski definition) is 2. The molecule has 0 aromatic heterocycles. The fourth-order valence-electron chi connectivity index (χ4n) is 1.71. The molecule has 0 bridgehead atoms. The van der Waals surface area contributed by atoms with Crippen LogP contribution in [0.25, 0.3) is 0 Å². The van der Waals surface area contributed by atoms with Gasteiger partial charge in [-0.15, -0.1) is 0 Å². The maximum Gasteiger partial charge on any atom is 0.323 e. The van der Waals surface area contributed by atoms with Crippen LogP contribution in [0.3, 0.4) is 0 Å². The minimum atomic E-state index is -0.197. The molecule has 1 unspecified atom stereocenters. The Morgan fingerprint density at radius 2 is 2.07 bits per heavy atom. The van der Waals surface area contributed by atoms with E-state index in [1.54, 1.807) is 0 Å². The van der Waals surface area contributed by atoms with Gasteiger partial charge in [0, 0.05) is 12.1 Å². The highest BCUT2D eigenvalue weighted by atomic mass is 16.5. The molecule has 1 atom stereocenters. The van der Waals surface area contributed by atoms with Crippen molar-refractivity contribution in [2.75, 3.05) is 7.11 Å². The number of ether oxygens (including phenoxy) is 1. The van der Waals surface area contributed by atoms with E-state index in [9.17, 15) is 4.79 Å². The summed E-state index contributed by atoms with van der Waals surface area (Å²) in [6.45, 7) is 4.01. The highest BCUT2D eigenvalue weighted by Crippen LogP contribution is 2.19. The highest BCUT2D eigenvalue weighted by Gasteiger charge is 2.32. The van der Waals surface area contributed by atoms with Crippen molar-refractivity contribution in [1.29, 1.82) is 0 Å². The van der Waals surface area contributed by atoms with Crippen molar-refractivity contribution in [2.45, 2.75) is 44.8 Å². The van der Waals surface area contributed by atoms with Gasteiger partial charge in [0.15, 0.2) is 0 Å². The number of methoxy groups -OCH3 is 1. The summed E-state index contributed by atoms with van der Waals surface area (Å²) in [6.07, 6.45) is 1.92. The van der Waals surface area contributed by atoms with Gasteiger partial charge in [-0.1, -0.05) is 13.8 Å². The van der Waals surface area contributed by atoms with Gasteiger partial charge in [-0.25, -0.2) is 0 Å². The molecule has 0 amide bonds. The summed E-state index contributed by atoms with van der Waals surface area (Å²) in [5.41, 5.74) is 5.67. The van der Waals surface area contributed by atoms with Crippen LogP contribution in [0.15, 0.2) is 0 Å². The van der Waals surface area contributed by atoms with Crippen LogP contribution in [0.5, 0.6) is 0 Å². The Bertz CT molecular complexity index is 200. The molecule has 0 heterocycles. The lowest BCUT2D eigenvalue weighted by atomic mass is 9.86. The van der Waals surface area contributed by atoms with Gasteiger partial charge in [0.1, 0.15) is 6.04 Å². The number of nitrogens with one attached hydrogen (secondary N) is 1. The van der Waals surface area contributed by atoms with Crippen LogP contribution in [0.4, 0.5) is 0 Å². The topological polar surface area (TPSA) is 64.3 Å². The Morgan fingerprint density at radius 1 is 1.50 bits per heavy atom. The van der Waals surface area contributed by atoms with Crippen LogP contribution in [0, 0.1) is 5.92 Å². The molecule has 0 aliphatic heterocycles. The normalized spacial score (nSPS) is 28.4. The Morgan fingerprint density at radius 3 is 2.43 bits per heavy atom. The fourth-order valence-corrected chi connectivity index (χ4v) is 1.71. The number of nitrogens with two attached hydrogens (primary N) is 1. The van der Waals surface area contributed by atoms with E-state index in [1.807, 2.05) is 13.8 Å². The molecule has 1 fully saturated rings. The molecule has 14 heavy (non-hydrogen) atoms. The zero-order chi connectivity index (χ0) is 10.7. The van der Waals surface area contributed by atoms with Crippen LogP contribution in [0.1, 0.15) is 26.7 Å². The summed E-state index contributed by atoms with van der Waals surface area (Å²) in [4.78, 5) is 11.4. The largest absolute Gasteiger partial charge is 0.468 e. The maximum atomic E-state index is 11.4. The van der Waals surface area contributed by atoms with E-state index < -0.39 is 0 Å². The van der Waals surface area contributed by atoms with E-state index in [2.05, 4.69) is 5.32 Å². The fraction of sp³-hybridized carbons (Fsp3) is 0.900. The van der Waals surface area contributed by atoms with Crippen LogP contribution >= 0.6 is 0 Å². The van der Waals surface area contributed by atoms with E-state index in [-0.39, 0.29) is 17.9 Å². The summed E-state index contributed by atoms with van der Waals surface area (Å²) in [7, 11) is 1.42. The summed E-state index contributed by atoms with van der Waals surface area (Å²) in [5, 5.41) is 3.28. The van der Waals surface area contributed by atoms with Gasteiger partial charge in [-0.3, -0.25) is 4.79 Å². The van der Waals surface area contributed by atoms with Crippen molar-refractivity contribution in [2.24, 2.45) is 11.7 Å². The highest BCUT2D eigenvalue weighted by molar-refractivity contribution is 5.76. The van der Waals surface area contributed by atoms with Crippen molar-refractivity contribution in [1.82, 2.24) is 5.32 Å². The van der Waals surface area contributed by atoms with E-state index in [1.165, 1.54) is 7.11 Å². The molecule has 3 N–H and O–H groups in total. The number of hydrogen-bond acceptors (Lipinski definition) is 4. The number of carbonyl (C=O) groups excluding carboxylic acids is 1. The second kappa shape index (κ2) is 4.75. The molecule has 0 saturated heterocycles. The van der Waals surface area contributed by atoms with Crippen molar-refractivity contribution < 1.29 is 9.53 Å². The average molecular weight is 200 g/mol. The zero-order valence-corrected chi connectivity index (χ0v) is 9.12. The summed E-state index contributed by atoms with van der Waals surface area (Å²) in [5.74, 6) is 0.0692.